The molecule has 2 aromatic heterocycles. The molecule has 4 aromatic rings. The minimum atomic E-state index is -0.118. The SMILES string of the molecule is CCSc1ccc(C(=O)N(Cc2ccco2)c2nc3c(OC)cccc3s2)cc1. The van der Waals surface area contributed by atoms with Crippen LogP contribution in [0.15, 0.2) is 70.2 Å². The Morgan fingerprint density at radius 1 is 1.17 bits per heavy atom. The van der Waals surface area contributed by atoms with E-state index in [1.54, 1.807) is 30.0 Å². The highest BCUT2D eigenvalue weighted by Gasteiger charge is 2.23. The molecule has 0 saturated carbocycles. The number of amides is 1. The number of anilines is 1. The van der Waals surface area contributed by atoms with Crippen LogP contribution in [0.5, 0.6) is 5.75 Å². The molecule has 0 spiro atoms. The van der Waals surface area contributed by atoms with Gasteiger partial charge in [-0.2, -0.15) is 0 Å². The lowest BCUT2D eigenvalue weighted by molar-refractivity contribution is 0.0983. The minimum Gasteiger partial charge on any atom is -0.494 e. The Bertz CT molecular complexity index is 1110. The van der Waals surface area contributed by atoms with Crippen molar-refractivity contribution in [1.29, 1.82) is 0 Å². The van der Waals surface area contributed by atoms with Crippen molar-refractivity contribution in [1.82, 2.24) is 4.98 Å². The number of fused-ring (bicyclic) bond motifs is 1. The van der Waals surface area contributed by atoms with Gasteiger partial charge in [0, 0.05) is 10.5 Å². The third-order valence-electron chi connectivity index (χ3n) is 4.37. The predicted molar refractivity (Wildman–Crippen MR) is 118 cm³/mol. The summed E-state index contributed by atoms with van der Waals surface area (Å²) in [6.45, 7) is 2.41. The van der Waals surface area contributed by atoms with Crippen molar-refractivity contribution in [2.75, 3.05) is 17.8 Å². The summed E-state index contributed by atoms with van der Waals surface area (Å²) in [5.41, 5.74) is 1.37. The van der Waals surface area contributed by atoms with Crippen LogP contribution in [0.4, 0.5) is 5.13 Å². The molecular weight excluding hydrogens is 404 g/mol. The van der Waals surface area contributed by atoms with Crippen molar-refractivity contribution < 1.29 is 13.9 Å². The second-order valence-electron chi connectivity index (χ2n) is 6.23. The highest BCUT2D eigenvalue weighted by molar-refractivity contribution is 7.99. The second kappa shape index (κ2) is 8.71. The lowest BCUT2D eigenvalue weighted by Gasteiger charge is -2.19. The number of para-hydroxylation sites is 1. The van der Waals surface area contributed by atoms with E-state index >= 15 is 0 Å². The topological polar surface area (TPSA) is 55.6 Å². The van der Waals surface area contributed by atoms with Crippen LogP contribution in [0, 0.1) is 0 Å². The molecule has 0 atom stereocenters. The molecule has 0 aliphatic rings. The molecule has 4 rings (SSSR count). The third kappa shape index (κ3) is 4.16. The van der Waals surface area contributed by atoms with E-state index in [0.29, 0.717) is 28.7 Å². The quantitative estimate of drug-likeness (QED) is 0.348. The van der Waals surface area contributed by atoms with Crippen LogP contribution >= 0.6 is 23.1 Å². The first-order chi connectivity index (χ1) is 14.2. The third-order valence-corrected chi connectivity index (χ3v) is 6.31. The molecule has 7 heteroatoms. The molecule has 1 amide bonds. The molecule has 148 valence electrons. The number of benzene rings is 2. The number of hydrogen-bond donors (Lipinski definition) is 0. The predicted octanol–water partition coefficient (Wildman–Crippen LogP) is 5.86. The molecule has 0 aliphatic carbocycles. The van der Waals surface area contributed by atoms with E-state index in [1.165, 1.54) is 11.3 Å². The maximum atomic E-state index is 13.4. The summed E-state index contributed by atoms with van der Waals surface area (Å²) < 4.78 is 11.9. The molecular formula is C22H20N2O3S2. The van der Waals surface area contributed by atoms with Gasteiger partial charge in [0.2, 0.25) is 0 Å². The Morgan fingerprint density at radius 3 is 2.69 bits per heavy atom. The number of thiazole rings is 1. The first-order valence-corrected chi connectivity index (χ1v) is 11.0. The van der Waals surface area contributed by atoms with Gasteiger partial charge < -0.3 is 9.15 Å². The van der Waals surface area contributed by atoms with E-state index in [9.17, 15) is 4.79 Å². The minimum absolute atomic E-state index is 0.118. The highest BCUT2D eigenvalue weighted by atomic mass is 32.2. The first kappa shape index (κ1) is 19.5. The zero-order valence-corrected chi connectivity index (χ0v) is 17.8. The molecule has 0 unspecified atom stereocenters. The van der Waals surface area contributed by atoms with Gasteiger partial charge in [0.15, 0.2) is 5.13 Å². The molecule has 0 bridgehead atoms. The molecule has 0 fully saturated rings. The number of aromatic nitrogens is 1. The summed E-state index contributed by atoms with van der Waals surface area (Å²) in [6.07, 6.45) is 1.61. The Kier molecular flexibility index (Phi) is 5.87. The van der Waals surface area contributed by atoms with Gasteiger partial charge in [-0.3, -0.25) is 9.69 Å². The number of methoxy groups -OCH3 is 1. The molecule has 2 heterocycles. The molecule has 29 heavy (non-hydrogen) atoms. The van der Waals surface area contributed by atoms with Crippen LogP contribution in [0.1, 0.15) is 23.0 Å². The maximum absolute atomic E-state index is 13.4. The first-order valence-electron chi connectivity index (χ1n) is 9.20. The molecule has 5 nitrogen and oxygen atoms in total. The Morgan fingerprint density at radius 2 is 2.00 bits per heavy atom. The zero-order valence-electron chi connectivity index (χ0n) is 16.1. The van der Waals surface area contributed by atoms with E-state index < -0.39 is 0 Å². The Hall–Kier alpha value is -2.77. The second-order valence-corrected chi connectivity index (χ2v) is 8.58. The van der Waals surface area contributed by atoms with Gasteiger partial charge in [-0.1, -0.05) is 24.3 Å². The van der Waals surface area contributed by atoms with Crippen LogP contribution in [0.2, 0.25) is 0 Å². The summed E-state index contributed by atoms with van der Waals surface area (Å²) in [6, 6.07) is 17.1. The van der Waals surface area contributed by atoms with Gasteiger partial charge in [-0.25, -0.2) is 4.98 Å². The number of hydrogen-bond acceptors (Lipinski definition) is 6. The van der Waals surface area contributed by atoms with Gasteiger partial charge >= 0.3 is 0 Å². The van der Waals surface area contributed by atoms with Crippen LogP contribution in [0.3, 0.4) is 0 Å². The van der Waals surface area contributed by atoms with Crippen molar-refractivity contribution in [3.05, 3.63) is 72.2 Å². The van der Waals surface area contributed by atoms with E-state index in [2.05, 4.69) is 6.92 Å². The molecule has 0 N–H and O–H groups in total. The lowest BCUT2D eigenvalue weighted by Crippen LogP contribution is -2.30. The number of carbonyl (C=O) groups is 1. The smallest absolute Gasteiger partial charge is 0.260 e. The molecule has 0 saturated heterocycles. The fourth-order valence-corrected chi connectivity index (χ4v) is 4.64. The van der Waals surface area contributed by atoms with Crippen LogP contribution in [-0.2, 0) is 6.54 Å². The summed E-state index contributed by atoms with van der Waals surface area (Å²) in [7, 11) is 1.62. The monoisotopic (exact) mass is 424 g/mol. The van der Waals surface area contributed by atoms with Crippen molar-refractivity contribution >= 4 is 44.4 Å². The average molecular weight is 425 g/mol. The van der Waals surface area contributed by atoms with E-state index in [-0.39, 0.29) is 5.91 Å². The zero-order chi connectivity index (χ0) is 20.2. The van der Waals surface area contributed by atoms with Gasteiger partial charge in [0.1, 0.15) is 17.0 Å². The summed E-state index contributed by atoms with van der Waals surface area (Å²) in [5, 5.41) is 0.609. The fraction of sp³-hybridized carbons (Fsp3) is 0.182. The van der Waals surface area contributed by atoms with Gasteiger partial charge in [0.25, 0.3) is 5.91 Å². The Labute approximate surface area is 177 Å². The summed E-state index contributed by atoms with van der Waals surface area (Å²) >= 11 is 3.21. The van der Waals surface area contributed by atoms with Crippen LogP contribution in [-0.4, -0.2) is 23.8 Å². The summed E-state index contributed by atoms with van der Waals surface area (Å²) in [4.78, 5) is 20.9. The van der Waals surface area contributed by atoms with E-state index in [4.69, 9.17) is 14.1 Å². The van der Waals surface area contributed by atoms with E-state index in [0.717, 1.165) is 20.9 Å². The number of carbonyl (C=O) groups excluding carboxylic acids is 1. The Balaban J connectivity index is 1.72. The average Bonchev–Trinajstić information content (AvgIpc) is 3.41. The number of ether oxygens (including phenoxy) is 1. The van der Waals surface area contributed by atoms with E-state index in [1.807, 2.05) is 54.6 Å². The standard InChI is InChI=1S/C22H20N2O3S2/c1-3-28-17-11-9-15(10-12-17)21(25)24(14-16-6-5-13-27-16)22-23-20-18(26-2)7-4-8-19(20)29-22/h4-13H,3,14H2,1-2H3. The maximum Gasteiger partial charge on any atom is 0.260 e. The highest BCUT2D eigenvalue weighted by Crippen LogP contribution is 2.35. The molecule has 0 radical (unpaired) electrons. The number of rotatable bonds is 7. The van der Waals surface area contributed by atoms with Crippen molar-refractivity contribution in [2.24, 2.45) is 0 Å². The van der Waals surface area contributed by atoms with Crippen LogP contribution < -0.4 is 9.64 Å². The summed E-state index contributed by atoms with van der Waals surface area (Å²) in [5.74, 6) is 2.26. The number of thioether (sulfide) groups is 1. The number of nitrogens with zero attached hydrogens (tertiary/aromatic N) is 2. The number of furan rings is 1. The van der Waals surface area contributed by atoms with Crippen molar-refractivity contribution in [3.63, 3.8) is 0 Å². The fourth-order valence-electron chi connectivity index (χ4n) is 2.99. The van der Waals surface area contributed by atoms with Crippen LogP contribution in [0.25, 0.3) is 10.2 Å². The molecule has 2 aromatic carbocycles. The van der Waals surface area contributed by atoms with Gasteiger partial charge in [-0.05, 0) is 54.3 Å². The van der Waals surface area contributed by atoms with Crippen molar-refractivity contribution in [2.45, 2.75) is 18.4 Å². The lowest BCUT2D eigenvalue weighted by atomic mass is 10.2. The van der Waals surface area contributed by atoms with Crippen molar-refractivity contribution in [3.8, 4) is 5.75 Å². The van der Waals surface area contributed by atoms with Gasteiger partial charge in [0.05, 0.1) is 24.6 Å². The largest absolute Gasteiger partial charge is 0.494 e. The molecule has 0 aliphatic heterocycles. The normalized spacial score (nSPS) is 11.0. The van der Waals surface area contributed by atoms with Gasteiger partial charge in [-0.15, -0.1) is 11.8 Å².